The van der Waals surface area contributed by atoms with Crippen molar-refractivity contribution in [2.45, 2.75) is 6.04 Å². The van der Waals surface area contributed by atoms with Crippen molar-refractivity contribution in [2.24, 2.45) is 0 Å². The van der Waals surface area contributed by atoms with E-state index in [0.29, 0.717) is 11.4 Å². The highest BCUT2D eigenvalue weighted by Gasteiger charge is 2.18. The summed E-state index contributed by atoms with van der Waals surface area (Å²) in [6.07, 6.45) is 0. The van der Waals surface area contributed by atoms with E-state index in [1.165, 1.54) is 7.11 Å². The maximum absolute atomic E-state index is 11.2. The maximum atomic E-state index is 11.2. The topological polar surface area (TPSA) is 84.6 Å². The smallest absolute Gasteiger partial charge is 0.330 e. The van der Waals surface area contributed by atoms with Gasteiger partial charge in [0.15, 0.2) is 0 Å². The number of esters is 1. The van der Waals surface area contributed by atoms with Crippen LogP contribution >= 0.6 is 0 Å². The number of nitrogens with two attached hydrogens (primary N) is 1. The lowest BCUT2D eigenvalue weighted by Crippen LogP contribution is -2.34. The van der Waals surface area contributed by atoms with Crippen LogP contribution in [0.1, 0.15) is 0 Å². The Balaban J connectivity index is 2.75. The average Bonchev–Trinajstić information content (AvgIpc) is 2.27. The molecule has 1 atom stereocenters. The van der Waals surface area contributed by atoms with E-state index in [0.717, 1.165) is 0 Å². The van der Waals surface area contributed by atoms with Gasteiger partial charge in [-0.05, 0) is 12.1 Å². The van der Waals surface area contributed by atoms with Crippen LogP contribution in [0.25, 0.3) is 0 Å². The molecule has 82 valence electrons. The molecule has 5 heteroatoms. The maximum Gasteiger partial charge on any atom is 0.330 e. The highest BCUT2D eigenvalue weighted by atomic mass is 16.5. The lowest BCUT2D eigenvalue weighted by atomic mass is 10.2. The van der Waals surface area contributed by atoms with E-state index in [2.05, 4.69) is 10.1 Å². The number of methoxy groups -OCH3 is 1. The van der Waals surface area contributed by atoms with E-state index >= 15 is 0 Å². The van der Waals surface area contributed by atoms with Gasteiger partial charge in [-0.25, -0.2) is 4.79 Å². The van der Waals surface area contributed by atoms with Gasteiger partial charge in [-0.15, -0.1) is 0 Å². The predicted octanol–water partition coefficient (Wildman–Crippen LogP) is 0.215. The SMILES string of the molecule is COC(=O)C(CO)Nc1ccccc1N. The lowest BCUT2D eigenvalue weighted by Gasteiger charge is -2.16. The lowest BCUT2D eigenvalue weighted by molar-refractivity contribution is -0.142. The van der Waals surface area contributed by atoms with Crippen molar-refractivity contribution in [1.29, 1.82) is 0 Å². The molecule has 0 bridgehead atoms. The average molecular weight is 210 g/mol. The summed E-state index contributed by atoms with van der Waals surface area (Å²) in [6.45, 7) is -0.346. The number of aliphatic hydroxyl groups excluding tert-OH is 1. The molecule has 15 heavy (non-hydrogen) atoms. The van der Waals surface area contributed by atoms with E-state index in [-0.39, 0.29) is 6.61 Å². The number of benzene rings is 1. The van der Waals surface area contributed by atoms with E-state index in [1.54, 1.807) is 24.3 Å². The zero-order valence-corrected chi connectivity index (χ0v) is 8.43. The van der Waals surface area contributed by atoms with E-state index in [9.17, 15) is 4.79 Å². The summed E-state index contributed by atoms with van der Waals surface area (Å²) < 4.78 is 4.51. The summed E-state index contributed by atoms with van der Waals surface area (Å²) in [6, 6.07) is 6.20. The van der Waals surface area contributed by atoms with E-state index in [1.807, 2.05) is 0 Å². The third-order valence-electron chi connectivity index (χ3n) is 1.96. The fourth-order valence-corrected chi connectivity index (χ4v) is 1.14. The quantitative estimate of drug-likeness (QED) is 0.489. The highest BCUT2D eigenvalue weighted by Crippen LogP contribution is 2.17. The number of aliphatic hydroxyl groups is 1. The van der Waals surface area contributed by atoms with Gasteiger partial charge in [0, 0.05) is 0 Å². The minimum Gasteiger partial charge on any atom is -0.467 e. The third kappa shape index (κ3) is 2.85. The molecule has 1 rings (SSSR count). The molecule has 0 heterocycles. The van der Waals surface area contributed by atoms with Crippen LogP contribution < -0.4 is 11.1 Å². The second-order valence-corrected chi connectivity index (χ2v) is 2.99. The minimum atomic E-state index is -0.792. The molecule has 0 aliphatic heterocycles. The molecule has 0 aliphatic carbocycles. The first-order chi connectivity index (χ1) is 7.19. The number of hydrogen-bond acceptors (Lipinski definition) is 5. The van der Waals surface area contributed by atoms with Crippen LogP contribution in [0.3, 0.4) is 0 Å². The normalized spacial score (nSPS) is 11.9. The van der Waals surface area contributed by atoms with Crippen molar-refractivity contribution in [1.82, 2.24) is 0 Å². The molecule has 0 radical (unpaired) electrons. The van der Waals surface area contributed by atoms with Crippen molar-refractivity contribution in [3.8, 4) is 0 Å². The Labute approximate surface area is 87.9 Å². The first-order valence-corrected chi connectivity index (χ1v) is 4.48. The van der Waals surface area contributed by atoms with Crippen molar-refractivity contribution in [3.63, 3.8) is 0 Å². The van der Waals surface area contributed by atoms with Gasteiger partial charge in [-0.2, -0.15) is 0 Å². The number of para-hydroxylation sites is 2. The van der Waals surface area contributed by atoms with Crippen LogP contribution in [0, 0.1) is 0 Å². The molecule has 0 spiro atoms. The van der Waals surface area contributed by atoms with Gasteiger partial charge in [0.25, 0.3) is 0 Å². The molecule has 5 nitrogen and oxygen atoms in total. The molecule has 0 amide bonds. The molecule has 1 unspecified atom stereocenters. The summed E-state index contributed by atoms with van der Waals surface area (Å²) in [4.78, 5) is 11.2. The number of ether oxygens (including phenoxy) is 1. The third-order valence-corrected chi connectivity index (χ3v) is 1.96. The highest BCUT2D eigenvalue weighted by molar-refractivity contribution is 5.81. The Hall–Kier alpha value is -1.75. The second kappa shape index (κ2) is 5.21. The second-order valence-electron chi connectivity index (χ2n) is 2.99. The van der Waals surface area contributed by atoms with Crippen molar-refractivity contribution < 1.29 is 14.6 Å². The first-order valence-electron chi connectivity index (χ1n) is 4.48. The number of anilines is 2. The summed E-state index contributed by atoms with van der Waals surface area (Å²) in [5.74, 6) is -0.527. The van der Waals surface area contributed by atoms with Gasteiger partial charge >= 0.3 is 5.97 Å². The van der Waals surface area contributed by atoms with Crippen LogP contribution in [0.5, 0.6) is 0 Å². The molecule has 1 aromatic carbocycles. The molecule has 1 aromatic rings. The Morgan fingerprint density at radius 1 is 1.60 bits per heavy atom. The summed E-state index contributed by atoms with van der Waals surface area (Å²) in [5, 5.41) is 11.8. The Morgan fingerprint density at radius 2 is 2.27 bits per heavy atom. The van der Waals surface area contributed by atoms with Crippen LogP contribution in [-0.4, -0.2) is 30.8 Å². The van der Waals surface area contributed by atoms with Crippen molar-refractivity contribution >= 4 is 17.3 Å². The Kier molecular flexibility index (Phi) is 3.93. The van der Waals surface area contributed by atoms with Crippen molar-refractivity contribution in [3.05, 3.63) is 24.3 Å². The van der Waals surface area contributed by atoms with Crippen molar-refractivity contribution in [2.75, 3.05) is 24.8 Å². The predicted molar refractivity (Wildman–Crippen MR) is 57.4 cm³/mol. The Bertz CT molecular complexity index is 341. The molecule has 4 N–H and O–H groups in total. The number of carbonyl (C=O) groups excluding carboxylic acids is 1. The zero-order valence-electron chi connectivity index (χ0n) is 8.43. The first kappa shape index (κ1) is 11.3. The summed E-state index contributed by atoms with van der Waals surface area (Å²) >= 11 is 0. The van der Waals surface area contributed by atoms with Gasteiger partial charge in [0.2, 0.25) is 0 Å². The van der Waals surface area contributed by atoms with Crippen LogP contribution in [-0.2, 0) is 9.53 Å². The monoisotopic (exact) mass is 210 g/mol. The van der Waals surface area contributed by atoms with Crippen LogP contribution in [0.15, 0.2) is 24.3 Å². The Morgan fingerprint density at radius 3 is 2.80 bits per heavy atom. The number of carbonyl (C=O) groups is 1. The number of nitrogens with one attached hydrogen (secondary N) is 1. The van der Waals surface area contributed by atoms with Crippen LogP contribution in [0.4, 0.5) is 11.4 Å². The summed E-state index contributed by atoms with van der Waals surface area (Å²) in [7, 11) is 1.26. The molecule has 0 saturated carbocycles. The van der Waals surface area contributed by atoms with Gasteiger partial charge in [-0.3, -0.25) is 0 Å². The molecular weight excluding hydrogens is 196 g/mol. The standard InChI is InChI=1S/C10H14N2O3/c1-15-10(14)9(6-13)12-8-5-3-2-4-7(8)11/h2-5,9,12-13H,6,11H2,1H3. The summed E-state index contributed by atoms with van der Waals surface area (Å²) in [5.41, 5.74) is 6.78. The molecule has 0 saturated heterocycles. The fraction of sp³-hybridized carbons (Fsp3) is 0.300. The molecule has 0 aliphatic rings. The number of hydrogen-bond donors (Lipinski definition) is 3. The molecule has 0 aromatic heterocycles. The van der Waals surface area contributed by atoms with Gasteiger partial charge in [-0.1, -0.05) is 12.1 Å². The van der Waals surface area contributed by atoms with Gasteiger partial charge < -0.3 is 20.9 Å². The van der Waals surface area contributed by atoms with Gasteiger partial charge in [0.05, 0.1) is 25.1 Å². The minimum absolute atomic E-state index is 0.346. The number of rotatable bonds is 4. The number of nitrogen functional groups attached to an aromatic ring is 1. The van der Waals surface area contributed by atoms with E-state index in [4.69, 9.17) is 10.8 Å². The zero-order chi connectivity index (χ0) is 11.3. The molecular formula is C10H14N2O3. The van der Waals surface area contributed by atoms with E-state index < -0.39 is 12.0 Å². The fourth-order valence-electron chi connectivity index (χ4n) is 1.14. The van der Waals surface area contributed by atoms with Gasteiger partial charge in [0.1, 0.15) is 6.04 Å². The molecule has 0 fully saturated rings. The van der Waals surface area contributed by atoms with Crippen LogP contribution in [0.2, 0.25) is 0 Å². The largest absolute Gasteiger partial charge is 0.467 e.